The van der Waals surface area contributed by atoms with Crippen molar-refractivity contribution in [2.75, 3.05) is 0 Å². The lowest BCUT2D eigenvalue weighted by Gasteiger charge is -2.04. The first-order chi connectivity index (χ1) is 43.2. The highest BCUT2D eigenvalue weighted by atomic mass is 16.4. The standard InChI is InChI=1S/C27H19NO2.2C26H17NO2/c1-16-10-11-17(2)25-24(16)28-27(30-25)19-14-12-18(13-15-19)20-7-5-8-22-21-6-3-4-9-23(21)29-26(20)22;1-16-6-4-10-22-24(16)29-26(27-22)18-14-12-17(13-15-18)19-8-5-9-21-20-7-2-3-11-23(20)28-25(19)21;1-16-9-14-22-24(15-16)29-26(27-22)18-12-10-17(11-13-18)19-6-4-7-21-20-5-2-3-8-23(20)28-25(19)21/h3-15H,1-2H3;2*2-15H,1H3. The van der Waals surface area contributed by atoms with Crippen LogP contribution in [0.4, 0.5) is 0 Å². The second-order valence-electron chi connectivity index (χ2n) is 22.4. The number of benzene rings is 12. The summed E-state index contributed by atoms with van der Waals surface area (Å²) in [7, 11) is 0. The van der Waals surface area contributed by atoms with Crippen molar-refractivity contribution in [3.63, 3.8) is 0 Å². The molecule has 6 aromatic heterocycles. The van der Waals surface area contributed by atoms with Crippen LogP contribution < -0.4 is 0 Å². The summed E-state index contributed by atoms with van der Waals surface area (Å²) in [4.78, 5) is 14.0. The molecule has 0 N–H and O–H groups in total. The molecule has 0 aliphatic heterocycles. The fraction of sp³-hybridized carbons (Fsp3) is 0.0506. The van der Waals surface area contributed by atoms with E-state index in [4.69, 9.17) is 31.5 Å². The van der Waals surface area contributed by atoms with Gasteiger partial charge in [0.15, 0.2) is 16.7 Å². The van der Waals surface area contributed by atoms with Crippen LogP contribution in [0.25, 0.3) is 167 Å². The predicted octanol–water partition coefficient (Wildman–Crippen LogP) is 22.4. The quantitative estimate of drug-likeness (QED) is 0.160. The minimum Gasteiger partial charge on any atom is -0.455 e. The number of furan rings is 3. The summed E-state index contributed by atoms with van der Waals surface area (Å²) in [6.07, 6.45) is 0. The molecule has 420 valence electrons. The average molecular weight is 1140 g/mol. The molecule has 18 aromatic rings. The van der Waals surface area contributed by atoms with Crippen LogP contribution in [0, 0.1) is 27.7 Å². The minimum absolute atomic E-state index is 0.638. The van der Waals surface area contributed by atoms with E-state index >= 15 is 0 Å². The first-order valence-electron chi connectivity index (χ1n) is 29.4. The fourth-order valence-corrected chi connectivity index (χ4v) is 12.0. The number of rotatable bonds is 6. The number of para-hydroxylation sites is 7. The third-order valence-electron chi connectivity index (χ3n) is 16.6. The normalized spacial score (nSPS) is 11.6. The van der Waals surface area contributed by atoms with E-state index < -0.39 is 0 Å². The number of oxazole rings is 3. The molecular weight excluding hydrogens is 1090 g/mol. The van der Waals surface area contributed by atoms with E-state index in [-0.39, 0.29) is 0 Å². The van der Waals surface area contributed by atoms with Crippen LogP contribution in [-0.4, -0.2) is 15.0 Å². The van der Waals surface area contributed by atoms with Gasteiger partial charge >= 0.3 is 0 Å². The molecule has 18 rings (SSSR count). The molecular formula is C79H53N3O6. The second-order valence-corrected chi connectivity index (χ2v) is 22.4. The maximum atomic E-state index is 6.19. The average Bonchev–Trinajstić information content (AvgIpc) is 2.14. The molecule has 0 aliphatic carbocycles. The monoisotopic (exact) mass is 1140 g/mol. The molecule has 0 fully saturated rings. The summed E-state index contributed by atoms with van der Waals surface area (Å²) < 4.78 is 36.6. The smallest absolute Gasteiger partial charge is 0.227 e. The molecule has 0 spiro atoms. The van der Waals surface area contributed by atoms with Gasteiger partial charge < -0.3 is 26.5 Å². The molecule has 88 heavy (non-hydrogen) atoms. The van der Waals surface area contributed by atoms with E-state index in [0.717, 1.165) is 171 Å². The van der Waals surface area contributed by atoms with E-state index in [1.54, 1.807) is 0 Å². The summed E-state index contributed by atoms with van der Waals surface area (Å²) in [6, 6.07) is 84.5. The van der Waals surface area contributed by atoms with E-state index in [1.807, 2.05) is 117 Å². The summed E-state index contributed by atoms with van der Waals surface area (Å²) in [6.45, 7) is 8.20. The molecule has 0 atom stereocenters. The van der Waals surface area contributed by atoms with E-state index in [0.29, 0.717) is 17.7 Å². The Labute approximate surface area is 504 Å². The van der Waals surface area contributed by atoms with Gasteiger partial charge in [0.2, 0.25) is 17.7 Å². The third-order valence-corrected chi connectivity index (χ3v) is 16.6. The summed E-state index contributed by atoms with van der Waals surface area (Å²) in [5, 5.41) is 6.83. The van der Waals surface area contributed by atoms with Gasteiger partial charge in [0, 0.05) is 65.7 Å². The Bertz CT molecular complexity index is 5640. The molecule has 0 saturated carbocycles. The number of hydrogen-bond acceptors (Lipinski definition) is 9. The maximum absolute atomic E-state index is 6.19. The van der Waals surface area contributed by atoms with Gasteiger partial charge in [-0.2, -0.15) is 0 Å². The zero-order valence-corrected chi connectivity index (χ0v) is 48.5. The van der Waals surface area contributed by atoms with Crippen molar-refractivity contribution < 1.29 is 26.5 Å². The lowest BCUT2D eigenvalue weighted by atomic mass is 10.0. The molecule has 6 heterocycles. The van der Waals surface area contributed by atoms with Crippen LogP contribution in [0.2, 0.25) is 0 Å². The molecule has 12 aromatic carbocycles. The van der Waals surface area contributed by atoms with Crippen LogP contribution >= 0.6 is 0 Å². The van der Waals surface area contributed by atoms with Crippen molar-refractivity contribution in [3.05, 3.63) is 271 Å². The number of nitrogens with zero attached hydrogens (tertiary/aromatic N) is 3. The highest BCUT2D eigenvalue weighted by Gasteiger charge is 2.18. The van der Waals surface area contributed by atoms with Crippen molar-refractivity contribution in [1.82, 2.24) is 15.0 Å². The number of aromatic nitrogens is 3. The Morgan fingerprint density at radius 3 is 1.10 bits per heavy atom. The van der Waals surface area contributed by atoms with Crippen LogP contribution in [0.5, 0.6) is 0 Å². The molecule has 0 aliphatic rings. The molecule has 0 bridgehead atoms. The van der Waals surface area contributed by atoms with Crippen molar-refractivity contribution >= 4 is 99.1 Å². The first-order valence-corrected chi connectivity index (χ1v) is 29.4. The van der Waals surface area contributed by atoms with Crippen molar-refractivity contribution in [1.29, 1.82) is 0 Å². The van der Waals surface area contributed by atoms with E-state index in [9.17, 15) is 0 Å². The SMILES string of the molecule is Cc1ccc(C)c2oc(-c3ccc(-c4cccc5c4oc4ccccc45)cc3)nc12.Cc1ccc2nc(-c3ccc(-c4cccc5c4oc4ccccc45)cc3)oc2c1.Cc1cccc2nc(-c3ccc(-c4cccc5c4oc4ccccc45)cc3)oc12. The van der Waals surface area contributed by atoms with Gasteiger partial charge in [0.1, 0.15) is 50.0 Å². The van der Waals surface area contributed by atoms with Crippen molar-refractivity contribution in [2.45, 2.75) is 27.7 Å². The lowest BCUT2D eigenvalue weighted by Crippen LogP contribution is -1.82. The van der Waals surface area contributed by atoms with Gasteiger partial charge in [-0.3, -0.25) is 0 Å². The van der Waals surface area contributed by atoms with Gasteiger partial charge in [0.25, 0.3) is 0 Å². The lowest BCUT2D eigenvalue weighted by molar-refractivity contribution is 0.617. The Balaban J connectivity index is 0.000000106. The van der Waals surface area contributed by atoms with Crippen molar-refractivity contribution in [3.8, 4) is 67.7 Å². The topological polar surface area (TPSA) is 118 Å². The van der Waals surface area contributed by atoms with E-state index in [1.165, 1.54) is 0 Å². The summed E-state index contributed by atoms with van der Waals surface area (Å²) >= 11 is 0. The highest BCUT2D eigenvalue weighted by molar-refractivity contribution is 6.12. The van der Waals surface area contributed by atoms with Gasteiger partial charge in [0.05, 0.1) is 0 Å². The Morgan fingerprint density at radius 1 is 0.239 bits per heavy atom. The highest BCUT2D eigenvalue weighted by Crippen LogP contribution is 2.41. The van der Waals surface area contributed by atoms with Gasteiger partial charge in [-0.15, -0.1) is 0 Å². The zero-order valence-electron chi connectivity index (χ0n) is 48.5. The van der Waals surface area contributed by atoms with Gasteiger partial charge in [-0.05, 0) is 139 Å². The van der Waals surface area contributed by atoms with Crippen LogP contribution in [0.1, 0.15) is 22.3 Å². The molecule has 0 saturated heterocycles. The van der Waals surface area contributed by atoms with Crippen LogP contribution in [0.3, 0.4) is 0 Å². The number of aryl methyl sites for hydroxylation is 4. The number of fused-ring (bicyclic) bond motifs is 12. The third kappa shape index (κ3) is 9.16. The number of hydrogen-bond donors (Lipinski definition) is 0. The molecule has 0 radical (unpaired) electrons. The molecule has 0 unspecified atom stereocenters. The van der Waals surface area contributed by atoms with E-state index in [2.05, 4.69) is 169 Å². The molecule has 9 heteroatoms. The second kappa shape index (κ2) is 21.2. The molecule has 0 amide bonds. The summed E-state index contributed by atoms with van der Waals surface area (Å²) in [5.41, 5.74) is 24.6. The van der Waals surface area contributed by atoms with Crippen LogP contribution in [0.15, 0.2) is 275 Å². The fourth-order valence-electron chi connectivity index (χ4n) is 12.0. The van der Waals surface area contributed by atoms with Crippen molar-refractivity contribution in [2.24, 2.45) is 0 Å². The Kier molecular flexibility index (Phi) is 12.5. The Hall–Kier alpha value is -11.6. The molecule has 9 nitrogen and oxygen atoms in total. The predicted molar refractivity (Wildman–Crippen MR) is 355 cm³/mol. The first kappa shape index (κ1) is 52.0. The zero-order chi connectivity index (χ0) is 59.0. The van der Waals surface area contributed by atoms with Crippen LogP contribution in [-0.2, 0) is 0 Å². The minimum atomic E-state index is 0.638. The Morgan fingerprint density at radius 2 is 0.625 bits per heavy atom. The van der Waals surface area contributed by atoms with Gasteiger partial charge in [-0.25, -0.2) is 15.0 Å². The summed E-state index contributed by atoms with van der Waals surface area (Å²) in [5.74, 6) is 1.93. The van der Waals surface area contributed by atoms with Gasteiger partial charge in [-0.1, -0.05) is 176 Å². The maximum Gasteiger partial charge on any atom is 0.227 e. The largest absolute Gasteiger partial charge is 0.455 e.